The van der Waals surface area contributed by atoms with Crippen molar-refractivity contribution in [2.24, 2.45) is 0 Å². The molecule has 1 N–H and O–H groups in total. The maximum Gasteiger partial charge on any atom is 0.220 e. The number of ether oxygens (including phenoxy) is 1. The Morgan fingerprint density at radius 3 is 2.55 bits per heavy atom. The van der Waals surface area contributed by atoms with Crippen molar-refractivity contribution in [2.75, 3.05) is 6.61 Å². The lowest BCUT2D eigenvalue weighted by Gasteiger charge is -2.15. The zero-order valence-electron chi connectivity index (χ0n) is 17.1. The summed E-state index contributed by atoms with van der Waals surface area (Å²) in [6.45, 7) is 6.80. The summed E-state index contributed by atoms with van der Waals surface area (Å²) in [7, 11) is 0. The van der Waals surface area contributed by atoms with E-state index in [0.29, 0.717) is 30.8 Å². The molecule has 0 saturated carbocycles. The summed E-state index contributed by atoms with van der Waals surface area (Å²) >= 11 is 0. The standard InChI is InChI=1S/C23H27N3O3/c1-4-26-21-9-6-5-8-20(21)25-23(26)16(2)24-22(28)10-7-15-29-19-13-11-18(12-14-19)17(3)27/h5-6,8-9,11-14,16H,4,7,10,15H2,1-3H3,(H,24,28). The van der Waals surface area contributed by atoms with Gasteiger partial charge in [0.1, 0.15) is 11.6 Å². The third-order valence-corrected chi connectivity index (χ3v) is 4.84. The van der Waals surface area contributed by atoms with Gasteiger partial charge in [-0.05, 0) is 63.6 Å². The molecule has 152 valence electrons. The van der Waals surface area contributed by atoms with E-state index in [-0.39, 0.29) is 17.7 Å². The van der Waals surface area contributed by atoms with Gasteiger partial charge in [0.2, 0.25) is 5.91 Å². The van der Waals surface area contributed by atoms with Crippen LogP contribution in [-0.2, 0) is 11.3 Å². The molecule has 0 aliphatic carbocycles. The number of amides is 1. The number of Topliss-reactive ketones (excluding diaryl/α,β-unsaturated/α-hetero) is 1. The van der Waals surface area contributed by atoms with Gasteiger partial charge < -0.3 is 14.6 Å². The molecule has 29 heavy (non-hydrogen) atoms. The van der Waals surface area contributed by atoms with Crippen LogP contribution < -0.4 is 10.1 Å². The molecule has 6 heteroatoms. The summed E-state index contributed by atoms with van der Waals surface area (Å²) in [6.07, 6.45) is 0.986. The number of hydrogen-bond donors (Lipinski definition) is 1. The van der Waals surface area contributed by atoms with Crippen molar-refractivity contribution in [2.45, 2.75) is 46.2 Å². The second-order valence-corrected chi connectivity index (χ2v) is 7.02. The van der Waals surface area contributed by atoms with E-state index in [9.17, 15) is 9.59 Å². The molecule has 6 nitrogen and oxygen atoms in total. The lowest BCUT2D eigenvalue weighted by atomic mass is 10.1. The SMILES string of the molecule is CCn1c(C(C)NC(=O)CCCOc2ccc(C(C)=O)cc2)nc2ccccc21. The first-order valence-corrected chi connectivity index (χ1v) is 9.98. The van der Waals surface area contributed by atoms with Gasteiger partial charge in [0.15, 0.2) is 5.78 Å². The minimum absolute atomic E-state index is 0.0252. The maximum atomic E-state index is 12.3. The van der Waals surface area contributed by atoms with Gasteiger partial charge in [0.05, 0.1) is 23.7 Å². The van der Waals surface area contributed by atoms with Crippen LogP contribution in [0.2, 0.25) is 0 Å². The maximum absolute atomic E-state index is 12.3. The smallest absolute Gasteiger partial charge is 0.220 e. The zero-order chi connectivity index (χ0) is 20.8. The molecule has 1 unspecified atom stereocenters. The molecule has 1 atom stereocenters. The van der Waals surface area contributed by atoms with E-state index in [0.717, 1.165) is 23.4 Å². The summed E-state index contributed by atoms with van der Waals surface area (Å²) in [4.78, 5) is 28.3. The molecule has 3 aromatic rings. The van der Waals surface area contributed by atoms with Crippen molar-refractivity contribution in [1.82, 2.24) is 14.9 Å². The zero-order valence-corrected chi connectivity index (χ0v) is 17.1. The molecule has 0 spiro atoms. The van der Waals surface area contributed by atoms with Crippen LogP contribution in [0.25, 0.3) is 11.0 Å². The van der Waals surface area contributed by atoms with E-state index in [1.54, 1.807) is 24.3 Å². The Kier molecular flexibility index (Phi) is 6.65. The van der Waals surface area contributed by atoms with Crippen LogP contribution in [0.1, 0.15) is 55.8 Å². The van der Waals surface area contributed by atoms with Gasteiger partial charge in [-0.15, -0.1) is 0 Å². The Morgan fingerprint density at radius 1 is 1.14 bits per heavy atom. The van der Waals surface area contributed by atoms with Crippen molar-refractivity contribution >= 4 is 22.7 Å². The molecule has 0 radical (unpaired) electrons. The van der Waals surface area contributed by atoms with E-state index in [1.807, 2.05) is 31.2 Å². The number of imidazole rings is 1. The average Bonchev–Trinajstić information content (AvgIpc) is 3.10. The Labute approximate surface area is 170 Å². The highest BCUT2D eigenvalue weighted by atomic mass is 16.5. The van der Waals surface area contributed by atoms with Crippen molar-refractivity contribution in [3.8, 4) is 5.75 Å². The fraction of sp³-hybridized carbons (Fsp3) is 0.348. The van der Waals surface area contributed by atoms with Gasteiger partial charge in [-0.2, -0.15) is 0 Å². The number of rotatable bonds is 9. The summed E-state index contributed by atoms with van der Waals surface area (Å²) in [5, 5.41) is 3.04. The van der Waals surface area contributed by atoms with Crippen molar-refractivity contribution in [3.05, 3.63) is 59.9 Å². The monoisotopic (exact) mass is 393 g/mol. The molecular formula is C23H27N3O3. The fourth-order valence-electron chi connectivity index (χ4n) is 3.34. The third kappa shape index (κ3) is 5.02. The number of hydrogen-bond acceptors (Lipinski definition) is 4. The van der Waals surface area contributed by atoms with Gasteiger partial charge in [-0.3, -0.25) is 9.59 Å². The molecule has 1 aromatic heterocycles. The van der Waals surface area contributed by atoms with E-state index in [2.05, 4.69) is 16.8 Å². The predicted molar refractivity (Wildman–Crippen MR) is 113 cm³/mol. The fourth-order valence-corrected chi connectivity index (χ4v) is 3.34. The number of nitrogens with zero attached hydrogens (tertiary/aromatic N) is 2. The van der Waals surface area contributed by atoms with Crippen LogP contribution in [0.5, 0.6) is 5.75 Å². The van der Waals surface area contributed by atoms with Gasteiger partial charge in [0.25, 0.3) is 0 Å². The van der Waals surface area contributed by atoms with Crippen LogP contribution in [0.4, 0.5) is 0 Å². The van der Waals surface area contributed by atoms with Crippen LogP contribution in [0.15, 0.2) is 48.5 Å². The van der Waals surface area contributed by atoms with Crippen LogP contribution in [0.3, 0.4) is 0 Å². The number of carbonyl (C=O) groups excluding carboxylic acids is 2. The normalized spacial score (nSPS) is 12.0. The molecular weight excluding hydrogens is 366 g/mol. The number of nitrogens with one attached hydrogen (secondary N) is 1. The quantitative estimate of drug-likeness (QED) is 0.435. The largest absolute Gasteiger partial charge is 0.494 e. The average molecular weight is 393 g/mol. The Hall–Kier alpha value is -3.15. The molecule has 0 aliphatic heterocycles. The van der Waals surface area contributed by atoms with Crippen molar-refractivity contribution < 1.29 is 14.3 Å². The predicted octanol–water partition coefficient (Wildman–Crippen LogP) is 4.30. The van der Waals surface area contributed by atoms with E-state index >= 15 is 0 Å². The van der Waals surface area contributed by atoms with Crippen molar-refractivity contribution in [3.63, 3.8) is 0 Å². The Morgan fingerprint density at radius 2 is 1.86 bits per heavy atom. The molecule has 3 rings (SSSR count). The lowest BCUT2D eigenvalue weighted by Crippen LogP contribution is -2.28. The van der Waals surface area contributed by atoms with Gasteiger partial charge in [-0.25, -0.2) is 4.98 Å². The minimum Gasteiger partial charge on any atom is -0.494 e. The summed E-state index contributed by atoms with van der Waals surface area (Å²) in [5.41, 5.74) is 2.67. The van der Waals surface area contributed by atoms with Gasteiger partial charge in [0, 0.05) is 18.5 Å². The first-order valence-electron chi connectivity index (χ1n) is 9.98. The molecule has 0 bridgehead atoms. The Bertz CT molecular complexity index is 992. The minimum atomic E-state index is -0.171. The highest BCUT2D eigenvalue weighted by molar-refractivity contribution is 5.94. The number of aromatic nitrogens is 2. The van der Waals surface area contributed by atoms with E-state index < -0.39 is 0 Å². The summed E-state index contributed by atoms with van der Waals surface area (Å²) < 4.78 is 7.78. The van der Waals surface area contributed by atoms with E-state index in [1.165, 1.54) is 6.92 Å². The number of aryl methyl sites for hydroxylation is 1. The molecule has 0 saturated heterocycles. The van der Waals surface area contributed by atoms with Gasteiger partial charge in [-0.1, -0.05) is 12.1 Å². The first kappa shape index (κ1) is 20.6. The highest BCUT2D eigenvalue weighted by Gasteiger charge is 2.17. The number of para-hydroxylation sites is 2. The number of carbonyl (C=O) groups is 2. The molecule has 0 fully saturated rings. The molecule has 0 aliphatic rings. The molecule has 1 amide bonds. The van der Waals surface area contributed by atoms with Crippen molar-refractivity contribution in [1.29, 1.82) is 0 Å². The Balaban J connectivity index is 1.49. The lowest BCUT2D eigenvalue weighted by molar-refractivity contribution is -0.122. The van der Waals surface area contributed by atoms with Gasteiger partial charge >= 0.3 is 0 Å². The number of benzene rings is 2. The highest BCUT2D eigenvalue weighted by Crippen LogP contribution is 2.21. The topological polar surface area (TPSA) is 73.2 Å². The van der Waals surface area contributed by atoms with E-state index in [4.69, 9.17) is 9.72 Å². The second kappa shape index (κ2) is 9.37. The summed E-state index contributed by atoms with van der Waals surface area (Å²) in [5.74, 6) is 1.56. The molecule has 1 heterocycles. The summed E-state index contributed by atoms with van der Waals surface area (Å²) in [6, 6.07) is 14.9. The number of ketones is 1. The van der Waals surface area contributed by atoms with Crippen LogP contribution >= 0.6 is 0 Å². The first-order chi connectivity index (χ1) is 14.0. The number of fused-ring (bicyclic) bond motifs is 1. The second-order valence-electron chi connectivity index (χ2n) is 7.02. The van der Waals surface area contributed by atoms with Crippen LogP contribution in [0, 0.1) is 0 Å². The third-order valence-electron chi connectivity index (χ3n) is 4.84. The molecule has 2 aromatic carbocycles. The van der Waals surface area contributed by atoms with Crippen LogP contribution in [-0.4, -0.2) is 27.8 Å².